The summed E-state index contributed by atoms with van der Waals surface area (Å²) >= 11 is 12.1. The molecule has 4 rings (SSSR count). The van der Waals surface area contributed by atoms with Crippen molar-refractivity contribution in [3.05, 3.63) is 99.2 Å². The second-order valence-corrected chi connectivity index (χ2v) is 9.24. The van der Waals surface area contributed by atoms with E-state index in [1.807, 2.05) is 6.92 Å². The minimum Gasteiger partial charge on any atom is -0.402 e. The first kappa shape index (κ1) is 22.1. The quantitative estimate of drug-likeness (QED) is 0.272. The Morgan fingerprint density at radius 2 is 1.72 bits per heavy atom. The van der Waals surface area contributed by atoms with Gasteiger partial charge in [0.05, 0.1) is 10.6 Å². The Labute approximate surface area is 194 Å². The van der Waals surface area contributed by atoms with Gasteiger partial charge in [-0.05, 0) is 49.4 Å². The van der Waals surface area contributed by atoms with Crippen molar-refractivity contribution in [2.24, 2.45) is 4.99 Å². The molecule has 0 radical (unpaired) electrons. The van der Waals surface area contributed by atoms with Gasteiger partial charge in [-0.1, -0.05) is 59.1 Å². The number of hydrogen-bond donors (Lipinski definition) is 0. The summed E-state index contributed by atoms with van der Waals surface area (Å²) in [6.45, 7) is 1.85. The first-order chi connectivity index (χ1) is 15.2. The van der Waals surface area contributed by atoms with Gasteiger partial charge in [0, 0.05) is 10.6 Å². The molecule has 3 aromatic rings. The molecule has 0 atom stereocenters. The van der Waals surface area contributed by atoms with E-state index in [0.717, 1.165) is 5.56 Å². The molecule has 0 amide bonds. The number of ether oxygens (including phenoxy) is 1. The van der Waals surface area contributed by atoms with E-state index in [0.29, 0.717) is 16.1 Å². The zero-order valence-electron chi connectivity index (χ0n) is 16.6. The van der Waals surface area contributed by atoms with Gasteiger partial charge in [0.2, 0.25) is 5.90 Å². The smallest absolute Gasteiger partial charge is 0.363 e. The number of esters is 1. The lowest BCUT2D eigenvalue weighted by Gasteiger charge is -2.09. The molecule has 0 saturated carbocycles. The highest BCUT2D eigenvalue weighted by atomic mass is 35.5. The number of cyclic esters (lactones) is 1. The van der Waals surface area contributed by atoms with Crippen LogP contribution >= 0.6 is 23.2 Å². The zero-order valence-corrected chi connectivity index (χ0v) is 18.9. The molecule has 32 heavy (non-hydrogen) atoms. The highest BCUT2D eigenvalue weighted by Gasteiger charge is 2.26. The summed E-state index contributed by atoms with van der Waals surface area (Å²) < 4.78 is 35.9. The summed E-state index contributed by atoms with van der Waals surface area (Å²) in [6.07, 6.45) is 1.39. The highest BCUT2D eigenvalue weighted by Crippen LogP contribution is 2.29. The summed E-state index contributed by atoms with van der Waals surface area (Å²) in [5.74, 6) is -0.641. The van der Waals surface area contributed by atoms with E-state index in [4.69, 9.17) is 32.1 Å². The number of aryl methyl sites for hydroxylation is 1. The Hall–Kier alpha value is -3.13. The van der Waals surface area contributed by atoms with Crippen LogP contribution in [0.4, 0.5) is 0 Å². The van der Waals surface area contributed by atoms with E-state index in [1.54, 1.807) is 42.5 Å². The number of hydrogen-bond acceptors (Lipinski definition) is 6. The number of carbonyl (C=O) groups excluding carboxylic acids is 1. The first-order valence-electron chi connectivity index (χ1n) is 9.31. The topological polar surface area (TPSA) is 82.0 Å². The van der Waals surface area contributed by atoms with Gasteiger partial charge in [-0.2, -0.15) is 8.42 Å². The van der Waals surface area contributed by atoms with Gasteiger partial charge in [0.25, 0.3) is 0 Å². The first-order valence-corrected chi connectivity index (χ1v) is 11.5. The lowest BCUT2D eigenvalue weighted by atomic mass is 10.1. The summed E-state index contributed by atoms with van der Waals surface area (Å²) in [4.78, 5) is 16.6. The van der Waals surface area contributed by atoms with Crippen molar-refractivity contribution in [3.63, 3.8) is 0 Å². The molecule has 9 heteroatoms. The molecule has 1 heterocycles. The molecule has 0 aromatic heterocycles. The van der Waals surface area contributed by atoms with Crippen molar-refractivity contribution in [1.82, 2.24) is 0 Å². The summed E-state index contributed by atoms with van der Waals surface area (Å²) in [5.41, 5.74) is 1.62. The molecule has 1 aliphatic heterocycles. The fraction of sp³-hybridized carbons (Fsp3) is 0.0435. The molecule has 0 bridgehead atoms. The van der Waals surface area contributed by atoms with Gasteiger partial charge in [-0.25, -0.2) is 9.79 Å². The van der Waals surface area contributed by atoms with Crippen molar-refractivity contribution in [2.75, 3.05) is 0 Å². The second kappa shape index (κ2) is 8.78. The molecule has 0 spiro atoms. The van der Waals surface area contributed by atoms with Gasteiger partial charge < -0.3 is 8.92 Å². The van der Waals surface area contributed by atoms with Crippen molar-refractivity contribution in [2.45, 2.75) is 11.8 Å². The predicted molar refractivity (Wildman–Crippen MR) is 123 cm³/mol. The third-order valence-corrected chi connectivity index (χ3v) is 6.30. The molecule has 0 N–H and O–H groups in total. The minimum absolute atomic E-state index is 0.0171. The molecule has 3 aromatic carbocycles. The van der Waals surface area contributed by atoms with Crippen molar-refractivity contribution >= 4 is 51.3 Å². The fourth-order valence-corrected chi connectivity index (χ4v) is 4.32. The third-order valence-electron chi connectivity index (χ3n) is 4.50. The minimum atomic E-state index is -4.07. The molecule has 6 nitrogen and oxygen atoms in total. The number of nitrogens with zero attached hydrogens (tertiary/aromatic N) is 1. The SMILES string of the molecule is Cc1ccc(S(=O)(=O)Oc2ccccc2/C=C2\N=C(c3ccc(Cl)cc3Cl)OC2=O)cc1. The Morgan fingerprint density at radius 3 is 2.44 bits per heavy atom. The Bertz CT molecular complexity index is 1380. The normalized spacial score (nSPS) is 14.9. The van der Waals surface area contributed by atoms with Crippen molar-refractivity contribution < 1.29 is 22.1 Å². The Balaban J connectivity index is 1.67. The standard InChI is InChI=1S/C23H15Cl2NO5S/c1-14-6-9-17(10-7-14)32(28,29)31-21-5-3-2-4-15(21)12-20-23(27)30-22(26-20)18-11-8-16(24)13-19(18)25/h2-13H,1H3/b20-12-. The van der Waals surface area contributed by atoms with Crippen LogP contribution in [-0.4, -0.2) is 20.3 Å². The molecule has 0 fully saturated rings. The molecule has 0 unspecified atom stereocenters. The zero-order chi connectivity index (χ0) is 22.9. The summed E-state index contributed by atoms with van der Waals surface area (Å²) in [7, 11) is -4.07. The van der Waals surface area contributed by atoms with Crippen LogP contribution in [0.2, 0.25) is 10.0 Å². The van der Waals surface area contributed by atoms with E-state index >= 15 is 0 Å². The monoisotopic (exact) mass is 487 g/mol. The second-order valence-electron chi connectivity index (χ2n) is 6.85. The lowest BCUT2D eigenvalue weighted by Crippen LogP contribution is -2.10. The van der Waals surface area contributed by atoms with E-state index in [2.05, 4.69) is 4.99 Å². The fourth-order valence-electron chi connectivity index (χ4n) is 2.88. The largest absolute Gasteiger partial charge is 0.402 e. The van der Waals surface area contributed by atoms with Gasteiger partial charge >= 0.3 is 16.1 Å². The maximum atomic E-state index is 12.7. The van der Waals surface area contributed by atoms with Crippen LogP contribution in [0.3, 0.4) is 0 Å². The van der Waals surface area contributed by atoms with Crippen LogP contribution in [-0.2, 0) is 19.6 Å². The number of halogens is 2. The number of aliphatic imine (C=N–C) groups is 1. The van der Waals surface area contributed by atoms with Gasteiger partial charge in [0.15, 0.2) is 5.70 Å². The Kier molecular flexibility index (Phi) is 6.06. The van der Waals surface area contributed by atoms with Crippen LogP contribution in [0.1, 0.15) is 16.7 Å². The van der Waals surface area contributed by atoms with Crippen LogP contribution in [0.15, 0.2) is 82.3 Å². The molecule has 162 valence electrons. The molecule has 0 aliphatic carbocycles. The van der Waals surface area contributed by atoms with Crippen LogP contribution in [0.25, 0.3) is 6.08 Å². The molecular weight excluding hydrogens is 473 g/mol. The number of benzene rings is 3. The Morgan fingerprint density at radius 1 is 1.00 bits per heavy atom. The van der Waals surface area contributed by atoms with E-state index in [1.165, 1.54) is 30.3 Å². The molecular formula is C23H15Cl2NO5S. The van der Waals surface area contributed by atoms with Gasteiger partial charge in [0.1, 0.15) is 10.6 Å². The van der Waals surface area contributed by atoms with Gasteiger partial charge in [-0.3, -0.25) is 0 Å². The maximum absolute atomic E-state index is 12.7. The van der Waals surface area contributed by atoms with Crippen molar-refractivity contribution in [3.8, 4) is 5.75 Å². The lowest BCUT2D eigenvalue weighted by molar-refractivity contribution is -0.129. The summed E-state index contributed by atoms with van der Waals surface area (Å²) in [5, 5.41) is 0.707. The molecule has 1 aliphatic rings. The van der Waals surface area contributed by atoms with Gasteiger partial charge in [-0.15, -0.1) is 0 Å². The van der Waals surface area contributed by atoms with Crippen LogP contribution < -0.4 is 4.18 Å². The average molecular weight is 488 g/mol. The average Bonchev–Trinajstić information content (AvgIpc) is 3.09. The highest BCUT2D eigenvalue weighted by molar-refractivity contribution is 7.87. The van der Waals surface area contributed by atoms with Crippen LogP contribution in [0, 0.1) is 6.92 Å². The third kappa shape index (κ3) is 4.70. The predicted octanol–water partition coefficient (Wildman–Crippen LogP) is 5.41. The van der Waals surface area contributed by atoms with Crippen molar-refractivity contribution in [1.29, 1.82) is 0 Å². The van der Waals surface area contributed by atoms with Crippen LogP contribution in [0.5, 0.6) is 5.75 Å². The maximum Gasteiger partial charge on any atom is 0.363 e. The number of rotatable bonds is 5. The summed E-state index contributed by atoms with van der Waals surface area (Å²) in [6, 6.07) is 17.4. The molecule has 0 saturated heterocycles. The number of carbonyl (C=O) groups is 1. The number of para-hydroxylation sites is 1. The van der Waals surface area contributed by atoms with E-state index in [-0.39, 0.29) is 27.3 Å². The van der Waals surface area contributed by atoms with E-state index < -0.39 is 16.1 Å². The van der Waals surface area contributed by atoms with E-state index in [9.17, 15) is 13.2 Å².